The zero-order chi connectivity index (χ0) is 30.1. The number of benzene rings is 2. The van der Waals surface area contributed by atoms with Gasteiger partial charge in [-0.2, -0.15) is 36.7 Å². The van der Waals surface area contributed by atoms with Crippen molar-refractivity contribution in [1.29, 1.82) is 0 Å². The fourth-order valence-corrected chi connectivity index (χ4v) is 4.71. The Morgan fingerprint density at radius 1 is 0.951 bits per heavy atom. The fraction of sp³-hybridized carbons (Fsp3) is 0.120. The molecule has 4 rings (SSSR count). The van der Waals surface area contributed by atoms with Crippen LogP contribution in [0.25, 0.3) is 11.8 Å². The lowest BCUT2D eigenvalue weighted by atomic mass is 10.1. The van der Waals surface area contributed by atoms with E-state index in [-0.39, 0.29) is 44.6 Å². The minimum Gasteiger partial charge on any atom is -0.493 e. The Morgan fingerprint density at radius 3 is 2.00 bits per heavy atom. The summed E-state index contributed by atoms with van der Waals surface area (Å²) in [5.74, 6) is -1.89. The second-order valence-electron chi connectivity index (χ2n) is 8.40. The maximum absolute atomic E-state index is 13.0. The summed E-state index contributed by atoms with van der Waals surface area (Å²) in [6.07, 6.45) is 4.08. The van der Waals surface area contributed by atoms with Gasteiger partial charge in [0.25, 0.3) is 26.1 Å². The summed E-state index contributed by atoms with van der Waals surface area (Å²) < 4.78 is 69.5. The lowest BCUT2D eigenvalue weighted by molar-refractivity contribution is -0.114. The number of nitrogens with zero attached hydrogens (tertiary/aromatic N) is 4. The van der Waals surface area contributed by atoms with Gasteiger partial charge in [-0.25, -0.2) is 4.79 Å². The van der Waals surface area contributed by atoms with E-state index in [1.165, 1.54) is 42.5 Å². The molecule has 0 aliphatic carbocycles. The van der Waals surface area contributed by atoms with E-state index in [1.54, 1.807) is 13.8 Å². The number of hydrazone groups is 1. The number of carbonyl (C=O) groups excluding carboxylic acids is 2. The molecule has 214 valence electrons. The van der Waals surface area contributed by atoms with E-state index in [1.807, 2.05) is 0 Å². The van der Waals surface area contributed by atoms with Crippen LogP contribution >= 0.6 is 0 Å². The lowest BCUT2D eigenvalue weighted by Gasteiger charge is -2.11. The summed E-state index contributed by atoms with van der Waals surface area (Å²) in [7, 11) is -8.86. The second kappa shape index (κ2) is 11.1. The number of ether oxygens (including phenoxy) is 1. The highest BCUT2D eigenvalue weighted by Gasteiger charge is 2.29. The van der Waals surface area contributed by atoms with Crippen molar-refractivity contribution >= 4 is 49.6 Å². The normalized spacial score (nSPS) is 15.1. The van der Waals surface area contributed by atoms with Gasteiger partial charge in [-0.15, -0.1) is 0 Å². The largest absolute Gasteiger partial charge is 0.493 e. The van der Waals surface area contributed by atoms with Crippen molar-refractivity contribution in [2.75, 3.05) is 11.6 Å². The molecule has 2 aromatic carbocycles. The predicted molar refractivity (Wildman–Crippen MR) is 145 cm³/mol. The summed E-state index contributed by atoms with van der Waals surface area (Å²) >= 11 is 0. The number of amides is 1. The average molecular weight is 603 g/mol. The number of allylic oxidation sites excluding steroid dienone is 2. The van der Waals surface area contributed by atoms with Crippen LogP contribution < -0.4 is 5.01 Å². The van der Waals surface area contributed by atoms with E-state index in [9.17, 15) is 36.1 Å². The summed E-state index contributed by atoms with van der Waals surface area (Å²) in [5.41, 5.74) is 0.576. The van der Waals surface area contributed by atoms with Crippen molar-refractivity contribution in [1.82, 2.24) is 9.78 Å². The highest BCUT2D eigenvalue weighted by molar-refractivity contribution is 7.86. The molecular formula is C25H22N4O10S2. The zero-order valence-corrected chi connectivity index (χ0v) is 23.0. The van der Waals surface area contributed by atoms with Crippen molar-refractivity contribution in [2.45, 2.75) is 23.6 Å². The van der Waals surface area contributed by atoms with E-state index in [0.717, 1.165) is 34.0 Å². The molecule has 1 amide bonds. The number of esters is 1. The van der Waals surface area contributed by atoms with Crippen molar-refractivity contribution in [3.63, 3.8) is 0 Å². The Morgan fingerprint density at radius 2 is 1.49 bits per heavy atom. The van der Waals surface area contributed by atoms with Gasteiger partial charge in [-0.05, 0) is 74.5 Å². The van der Waals surface area contributed by atoms with E-state index < -0.39 is 38.0 Å². The van der Waals surface area contributed by atoms with Gasteiger partial charge in [0.1, 0.15) is 0 Å². The second-order valence-corrected chi connectivity index (χ2v) is 11.2. The molecule has 1 aliphatic heterocycles. The third kappa shape index (κ3) is 6.09. The van der Waals surface area contributed by atoms with Gasteiger partial charge >= 0.3 is 5.97 Å². The Labute approximate surface area is 234 Å². The minimum absolute atomic E-state index is 0.0218. The van der Waals surface area contributed by atoms with Crippen molar-refractivity contribution in [3.8, 4) is 11.6 Å². The van der Waals surface area contributed by atoms with Crippen LogP contribution in [-0.2, 0) is 29.8 Å². The SMILES string of the molecule is CCOC(=O)c1nn(-c2ccc(S(=O)(=O)O)cc2)c(O)c1C=CC=C1C(=O)N(c2ccc(S(=O)(=O)O)cc2)N=C1C. The highest BCUT2D eigenvalue weighted by atomic mass is 32.2. The molecule has 16 heteroatoms. The first-order valence-electron chi connectivity index (χ1n) is 11.7. The molecule has 0 fully saturated rings. The maximum atomic E-state index is 13.0. The van der Waals surface area contributed by atoms with Crippen LogP contribution in [0, 0.1) is 0 Å². The number of rotatable bonds is 8. The zero-order valence-electron chi connectivity index (χ0n) is 21.4. The molecule has 0 spiro atoms. The average Bonchev–Trinajstić information content (AvgIpc) is 3.39. The molecule has 2 heterocycles. The van der Waals surface area contributed by atoms with Crippen LogP contribution in [0.4, 0.5) is 5.69 Å². The molecule has 3 N–H and O–H groups in total. The molecular weight excluding hydrogens is 580 g/mol. The highest BCUT2D eigenvalue weighted by Crippen LogP contribution is 2.29. The molecule has 0 unspecified atom stereocenters. The monoisotopic (exact) mass is 602 g/mol. The number of hydrogen-bond donors (Lipinski definition) is 3. The van der Waals surface area contributed by atoms with Crippen molar-refractivity contribution < 1.29 is 45.4 Å². The van der Waals surface area contributed by atoms with Crippen molar-refractivity contribution in [3.05, 3.63) is 77.5 Å². The van der Waals surface area contributed by atoms with Gasteiger partial charge in [0.05, 0.1) is 44.6 Å². The number of aromatic hydroxyl groups is 1. The summed E-state index contributed by atoms with van der Waals surface area (Å²) in [5, 5.41) is 20.2. The van der Waals surface area contributed by atoms with Crippen molar-refractivity contribution in [2.24, 2.45) is 5.10 Å². The third-order valence-corrected chi connectivity index (χ3v) is 7.45. The number of hydrogen-bond acceptors (Lipinski definition) is 10. The maximum Gasteiger partial charge on any atom is 0.359 e. The molecule has 3 aromatic rings. The Hall–Kier alpha value is -4.64. The van der Waals surface area contributed by atoms with Gasteiger partial charge in [0.2, 0.25) is 5.88 Å². The topological polar surface area (TPSA) is 206 Å². The first kappa shape index (κ1) is 29.3. The van der Waals surface area contributed by atoms with E-state index in [0.29, 0.717) is 5.71 Å². The van der Waals surface area contributed by atoms with E-state index in [2.05, 4.69) is 10.2 Å². The molecule has 0 bridgehead atoms. The number of aromatic nitrogens is 2. The quantitative estimate of drug-likeness (QED) is 0.194. The number of anilines is 1. The fourth-order valence-electron chi connectivity index (χ4n) is 3.75. The van der Waals surface area contributed by atoms with Crippen LogP contribution in [0.3, 0.4) is 0 Å². The molecule has 14 nitrogen and oxygen atoms in total. The smallest absolute Gasteiger partial charge is 0.359 e. The molecule has 0 saturated heterocycles. The first-order valence-corrected chi connectivity index (χ1v) is 14.5. The molecule has 0 atom stereocenters. The number of carbonyl (C=O) groups is 2. The summed E-state index contributed by atoms with van der Waals surface area (Å²) in [6.45, 7) is 3.17. The van der Waals surface area contributed by atoms with E-state index >= 15 is 0 Å². The van der Waals surface area contributed by atoms with Gasteiger partial charge in [-0.1, -0.05) is 6.08 Å². The van der Waals surface area contributed by atoms with Crippen LogP contribution in [0.5, 0.6) is 5.88 Å². The predicted octanol–water partition coefficient (Wildman–Crippen LogP) is 2.61. The van der Waals surface area contributed by atoms with Crippen LogP contribution in [0.1, 0.15) is 29.9 Å². The van der Waals surface area contributed by atoms with Gasteiger partial charge in [-0.3, -0.25) is 13.9 Å². The van der Waals surface area contributed by atoms with Gasteiger partial charge < -0.3 is 9.84 Å². The third-order valence-electron chi connectivity index (χ3n) is 5.71. The van der Waals surface area contributed by atoms with Gasteiger partial charge in [0.15, 0.2) is 5.69 Å². The van der Waals surface area contributed by atoms with Crippen LogP contribution in [-0.4, -0.2) is 65.0 Å². The van der Waals surface area contributed by atoms with Crippen LogP contribution in [0.15, 0.2) is 81.1 Å². The van der Waals surface area contributed by atoms with E-state index in [4.69, 9.17) is 9.29 Å². The summed E-state index contributed by atoms with van der Waals surface area (Å²) in [4.78, 5) is 24.8. The Bertz CT molecular complexity index is 1840. The van der Waals surface area contributed by atoms with Gasteiger partial charge in [0, 0.05) is 0 Å². The Balaban J connectivity index is 1.66. The minimum atomic E-state index is -4.45. The Kier molecular flexibility index (Phi) is 7.94. The summed E-state index contributed by atoms with van der Waals surface area (Å²) in [6, 6.07) is 9.55. The molecule has 1 aromatic heterocycles. The van der Waals surface area contributed by atoms with Crippen LogP contribution in [0.2, 0.25) is 0 Å². The lowest BCUT2D eigenvalue weighted by Crippen LogP contribution is -2.21. The molecule has 0 radical (unpaired) electrons. The molecule has 0 saturated carbocycles. The first-order chi connectivity index (χ1) is 19.2. The standard InChI is InChI=1S/C25H22N4O10S2/c1-3-39-25(32)22-21(24(31)29(27-22)17-9-13-19(14-10-17)41(36,37)38)6-4-5-20-15(2)26-28(23(20)30)16-7-11-18(12-8-16)40(33,34)35/h4-14,31H,3H2,1-2H3,(H,33,34,35)(H,36,37,38). The molecule has 41 heavy (non-hydrogen) atoms. The molecule has 1 aliphatic rings.